The number of carbonyl (C=O) groups is 1. The van der Waals surface area contributed by atoms with E-state index in [-0.39, 0.29) is 0 Å². The van der Waals surface area contributed by atoms with Gasteiger partial charge in [0.25, 0.3) is 0 Å². The van der Waals surface area contributed by atoms with E-state index in [4.69, 9.17) is 5.11 Å². The Hall–Kier alpha value is -2.03. The molecule has 0 fully saturated rings. The van der Waals surface area contributed by atoms with Crippen molar-refractivity contribution >= 4 is 5.97 Å². The highest BCUT2D eigenvalue weighted by Crippen LogP contribution is 2.23. The molecule has 2 rings (SSSR count). The first-order valence-electron chi connectivity index (χ1n) is 4.67. The molecule has 0 radical (unpaired) electrons. The Morgan fingerprint density at radius 3 is 2.67 bits per heavy atom. The van der Waals surface area contributed by atoms with E-state index in [0.29, 0.717) is 5.56 Å². The summed E-state index contributed by atoms with van der Waals surface area (Å²) in [5, 5.41) is 8.98. The fourth-order valence-corrected chi connectivity index (χ4v) is 1.66. The van der Waals surface area contributed by atoms with Gasteiger partial charge in [-0.1, -0.05) is 12.1 Å². The van der Waals surface area contributed by atoms with Crippen LogP contribution in [-0.2, 0) is 0 Å². The van der Waals surface area contributed by atoms with Gasteiger partial charge in [-0.3, -0.25) is 0 Å². The van der Waals surface area contributed by atoms with Crippen LogP contribution in [0.2, 0.25) is 0 Å². The summed E-state index contributed by atoms with van der Waals surface area (Å²) in [6.45, 7) is 1.82. The van der Waals surface area contributed by atoms with Crippen molar-refractivity contribution < 1.29 is 9.90 Å². The molecule has 0 aliphatic carbocycles. The number of H-pyrrole nitrogens is 1. The van der Waals surface area contributed by atoms with Gasteiger partial charge in [-0.25, -0.2) is 4.79 Å². The van der Waals surface area contributed by atoms with Gasteiger partial charge in [0.15, 0.2) is 0 Å². The summed E-state index contributed by atoms with van der Waals surface area (Å²) < 4.78 is 0. The van der Waals surface area contributed by atoms with Crippen molar-refractivity contribution in [3.05, 3.63) is 47.7 Å². The molecule has 1 aromatic carbocycles. The van der Waals surface area contributed by atoms with E-state index in [0.717, 1.165) is 16.8 Å². The van der Waals surface area contributed by atoms with Gasteiger partial charge in [0, 0.05) is 17.5 Å². The van der Waals surface area contributed by atoms with Crippen LogP contribution in [0.3, 0.4) is 0 Å². The Bertz CT molecular complexity index is 486. The fraction of sp³-hybridized carbons (Fsp3) is 0.0833. The van der Waals surface area contributed by atoms with Gasteiger partial charge in [0.2, 0.25) is 0 Å². The quantitative estimate of drug-likeness (QED) is 0.784. The SMILES string of the molecule is Cc1c(C(=O)O)cccc1-c1ccc[nH]1. The molecule has 76 valence electrons. The summed E-state index contributed by atoms with van der Waals surface area (Å²) in [6, 6.07) is 9.10. The number of rotatable bonds is 2. The molecule has 1 aromatic heterocycles. The second-order valence-electron chi connectivity index (χ2n) is 3.37. The maximum Gasteiger partial charge on any atom is 0.335 e. The zero-order valence-electron chi connectivity index (χ0n) is 8.32. The normalized spacial score (nSPS) is 10.2. The molecule has 0 aliphatic heterocycles. The summed E-state index contributed by atoms with van der Waals surface area (Å²) in [5.74, 6) is -0.888. The van der Waals surface area contributed by atoms with Gasteiger partial charge < -0.3 is 10.1 Å². The molecule has 0 unspecified atom stereocenters. The summed E-state index contributed by atoms with van der Waals surface area (Å²) in [4.78, 5) is 14.0. The Labute approximate surface area is 87.4 Å². The number of carboxylic acids is 1. The number of benzene rings is 1. The monoisotopic (exact) mass is 201 g/mol. The second-order valence-corrected chi connectivity index (χ2v) is 3.37. The number of hydrogen-bond acceptors (Lipinski definition) is 1. The summed E-state index contributed by atoms with van der Waals surface area (Å²) >= 11 is 0. The molecule has 15 heavy (non-hydrogen) atoms. The van der Waals surface area contributed by atoms with Gasteiger partial charge in [-0.15, -0.1) is 0 Å². The maximum absolute atomic E-state index is 10.9. The van der Waals surface area contributed by atoms with Crippen LogP contribution < -0.4 is 0 Å². The average Bonchev–Trinajstić information content (AvgIpc) is 2.70. The molecular weight excluding hydrogens is 190 g/mol. The molecule has 0 atom stereocenters. The first-order chi connectivity index (χ1) is 7.20. The van der Waals surface area contributed by atoms with Crippen LogP contribution in [0.5, 0.6) is 0 Å². The van der Waals surface area contributed by atoms with Crippen molar-refractivity contribution in [1.29, 1.82) is 0 Å². The number of aromatic amines is 1. The average molecular weight is 201 g/mol. The Morgan fingerprint density at radius 2 is 2.07 bits per heavy atom. The molecule has 2 N–H and O–H groups in total. The largest absolute Gasteiger partial charge is 0.478 e. The van der Waals surface area contributed by atoms with Crippen LogP contribution in [0.1, 0.15) is 15.9 Å². The van der Waals surface area contributed by atoms with Crippen LogP contribution in [-0.4, -0.2) is 16.1 Å². The molecule has 0 saturated carbocycles. The molecule has 3 nitrogen and oxygen atoms in total. The van der Waals surface area contributed by atoms with Gasteiger partial charge >= 0.3 is 5.97 Å². The van der Waals surface area contributed by atoms with Crippen molar-refractivity contribution in [3.8, 4) is 11.3 Å². The van der Waals surface area contributed by atoms with Gasteiger partial charge in [0.05, 0.1) is 5.56 Å². The Morgan fingerprint density at radius 1 is 1.27 bits per heavy atom. The van der Waals surface area contributed by atoms with E-state index >= 15 is 0 Å². The van der Waals surface area contributed by atoms with E-state index in [1.54, 1.807) is 12.1 Å². The first kappa shape index (κ1) is 9.52. The third-order valence-electron chi connectivity index (χ3n) is 2.45. The van der Waals surface area contributed by atoms with E-state index in [9.17, 15) is 4.79 Å². The molecular formula is C12H11NO2. The third-order valence-corrected chi connectivity index (χ3v) is 2.45. The molecule has 0 saturated heterocycles. The lowest BCUT2D eigenvalue weighted by atomic mass is 10.0. The van der Waals surface area contributed by atoms with Crippen molar-refractivity contribution in [1.82, 2.24) is 4.98 Å². The van der Waals surface area contributed by atoms with Crippen LogP contribution in [0, 0.1) is 6.92 Å². The van der Waals surface area contributed by atoms with Gasteiger partial charge in [-0.2, -0.15) is 0 Å². The summed E-state index contributed by atoms with van der Waals surface area (Å²) in [6.07, 6.45) is 1.82. The highest BCUT2D eigenvalue weighted by Gasteiger charge is 2.11. The highest BCUT2D eigenvalue weighted by molar-refractivity contribution is 5.91. The van der Waals surface area contributed by atoms with E-state index in [2.05, 4.69) is 4.98 Å². The molecule has 0 bridgehead atoms. The topological polar surface area (TPSA) is 53.1 Å². The standard InChI is InChI=1S/C12H11NO2/c1-8-9(11-6-3-7-13-11)4-2-5-10(8)12(14)15/h2-7,13H,1H3,(H,14,15). The molecule has 1 heterocycles. The van der Waals surface area contributed by atoms with Crippen molar-refractivity contribution in [2.75, 3.05) is 0 Å². The van der Waals surface area contributed by atoms with E-state index < -0.39 is 5.97 Å². The summed E-state index contributed by atoms with van der Waals surface area (Å²) in [5.41, 5.74) is 3.00. The number of hydrogen-bond donors (Lipinski definition) is 2. The fourth-order valence-electron chi connectivity index (χ4n) is 1.66. The lowest BCUT2D eigenvalue weighted by Crippen LogP contribution is -2.00. The predicted molar refractivity (Wildman–Crippen MR) is 57.9 cm³/mol. The molecule has 0 spiro atoms. The molecule has 0 amide bonds. The van der Waals surface area contributed by atoms with Crippen molar-refractivity contribution in [2.45, 2.75) is 6.92 Å². The van der Waals surface area contributed by atoms with E-state index in [1.807, 2.05) is 31.3 Å². The number of carboxylic acid groups (broad SMARTS) is 1. The maximum atomic E-state index is 10.9. The zero-order chi connectivity index (χ0) is 10.8. The van der Waals surface area contributed by atoms with Crippen LogP contribution in [0.15, 0.2) is 36.5 Å². The van der Waals surface area contributed by atoms with Crippen LogP contribution >= 0.6 is 0 Å². The number of aromatic nitrogens is 1. The minimum Gasteiger partial charge on any atom is -0.478 e. The first-order valence-corrected chi connectivity index (χ1v) is 4.67. The number of nitrogens with one attached hydrogen (secondary N) is 1. The van der Waals surface area contributed by atoms with Crippen LogP contribution in [0.4, 0.5) is 0 Å². The van der Waals surface area contributed by atoms with Gasteiger partial charge in [0.1, 0.15) is 0 Å². The van der Waals surface area contributed by atoms with Crippen molar-refractivity contribution in [2.24, 2.45) is 0 Å². The lowest BCUT2D eigenvalue weighted by molar-refractivity contribution is 0.0696. The predicted octanol–water partition coefficient (Wildman–Crippen LogP) is 2.69. The second kappa shape index (κ2) is 3.61. The Balaban J connectivity index is 2.59. The molecule has 3 heteroatoms. The lowest BCUT2D eigenvalue weighted by Gasteiger charge is -2.06. The molecule has 0 aliphatic rings. The van der Waals surface area contributed by atoms with Crippen molar-refractivity contribution in [3.63, 3.8) is 0 Å². The minimum absolute atomic E-state index is 0.349. The molecule has 2 aromatic rings. The highest BCUT2D eigenvalue weighted by atomic mass is 16.4. The smallest absolute Gasteiger partial charge is 0.335 e. The number of aromatic carboxylic acids is 1. The summed E-state index contributed by atoms with van der Waals surface area (Å²) in [7, 11) is 0. The Kier molecular flexibility index (Phi) is 2.29. The van der Waals surface area contributed by atoms with Crippen LogP contribution in [0.25, 0.3) is 11.3 Å². The van der Waals surface area contributed by atoms with Gasteiger partial charge in [-0.05, 0) is 30.7 Å². The minimum atomic E-state index is -0.888. The zero-order valence-corrected chi connectivity index (χ0v) is 8.32. The third kappa shape index (κ3) is 1.64. The van der Waals surface area contributed by atoms with E-state index in [1.165, 1.54) is 0 Å².